The number of nitrogens with one attached hydrogen (secondary N) is 2. The molecule has 8 nitrogen and oxygen atoms in total. The molecule has 36 heavy (non-hydrogen) atoms. The number of halogens is 1. The number of hydrogen-bond acceptors (Lipinski definition) is 7. The van der Waals surface area contributed by atoms with Crippen LogP contribution in [0.5, 0.6) is 11.5 Å². The summed E-state index contributed by atoms with van der Waals surface area (Å²) >= 11 is 12.6. The number of hydrogen-bond donors (Lipinski definition) is 2. The Hall–Kier alpha value is -3.08. The topological polar surface area (TPSA) is 97.0 Å². The van der Waals surface area contributed by atoms with E-state index in [1.165, 1.54) is 11.8 Å². The number of thioether (sulfide) groups is 1. The fourth-order valence-corrected chi connectivity index (χ4v) is 4.95. The van der Waals surface area contributed by atoms with Gasteiger partial charge in [-0.1, -0.05) is 60.2 Å². The number of rotatable bonds is 10. The van der Waals surface area contributed by atoms with Gasteiger partial charge in [0.2, 0.25) is 5.91 Å². The quantitative estimate of drug-likeness (QED) is 0.194. The summed E-state index contributed by atoms with van der Waals surface area (Å²) in [6, 6.07) is 12.0. The smallest absolute Gasteiger partial charge is 0.271 e. The average molecular weight is 548 g/mol. The van der Waals surface area contributed by atoms with Crippen LogP contribution in [0.15, 0.2) is 47.4 Å². The number of ether oxygens (including phenoxy) is 2. The molecule has 1 aliphatic rings. The number of amides is 3. The molecule has 2 N–H and O–H groups in total. The molecule has 0 unspecified atom stereocenters. The lowest BCUT2D eigenvalue weighted by molar-refractivity contribution is -0.123. The Labute approximate surface area is 224 Å². The van der Waals surface area contributed by atoms with Gasteiger partial charge in [0.1, 0.15) is 4.32 Å². The zero-order valence-electron chi connectivity index (χ0n) is 19.8. The monoisotopic (exact) mass is 547 g/mol. The van der Waals surface area contributed by atoms with Crippen LogP contribution < -0.4 is 20.3 Å². The van der Waals surface area contributed by atoms with E-state index in [9.17, 15) is 14.4 Å². The van der Waals surface area contributed by atoms with E-state index in [2.05, 4.69) is 10.9 Å². The first-order chi connectivity index (χ1) is 17.3. The van der Waals surface area contributed by atoms with Crippen molar-refractivity contribution in [1.82, 2.24) is 15.8 Å². The summed E-state index contributed by atoms with van der Waals surface area (Å²) in [6.45, 7) is 0.471. The van der Waals surface area contributed by atoms with Crippen molar-refractivity contribution in [3.05, 3.63) is 63.5 Å². The molecule has 1 saturated heterocycles. The highest BCUT2D eigenvalue weighted by molar-refractivity contribution is 8.26. The molecule has 3 rings (SSSR count). The molecule has 0 atom stereocenters. The molecule has 0 radical (unpaired) electrons. The van der Waals surface area contributed by atoms with Crippen molar-refractivity contribution >= 4 is 63.7 Å². The zero-order chi connectivity index (χ0) is 26.1. The third-order valence-electron chi connectivity index (χ3n) is 5.30. The van der Waals surface area contributed by atoms with Gasteiger partial charge >= 0.3 is 0 Å². The minimum atomic E-state index is -0.482. The lowest BCUT2D eigenvalue weighted by atomic mass is 10.1. The van der Waals surface area contributed by atoms with Crippen LogP contribution in [0.2, 0.25) is 5.02 Å². The number of carbonyl (C=O) groups excluding carboxylic acids is 3. The minimum Gasteiger partial charge on any atom is -0.493 e. The standard InChI is InChI=1S/C25H26ClN3O5S2/c1-33-19-12-11-16(14-20(19)34-2)15-21-24(32)29(25(35)36-21)13-7-3-4-10-22(30)27-28-23(31)17-8-5-6-9-18(17)26/h5-6,8-9,11-12,14-15H,3-4,7,10,13H2,1-2H3,(H,27,30)(H,28,31). The molecular formula is C25H26ClN3O5S2. The lowest BCUT2D eigenvalue weighted by Gasteiger charge is -2.14. The van der Waals surface area contributed by atoms with Gasteiger partial charge in [-0.25, -0.2) is 0 Å². The summed E-state index contributed by atoms with van der Waals surface area (Å²) in [4.78, 5) is 39.1. The van der Waals surface area contributed by atoms with E-state index in [1.807, 2.05) is 6.07 Å². The summed E-state index contributed by atoms with van der Waals surface area (Å²) in [5.74, 6) is 0.260. The van der Waals surface area contributed by atoms with Gasteiger partial charge in [-0.2, -0.15) is 0 Å². The lowest BCUT2D eigenvalue weighted by Crippen LogP contribution is -2.41. The molecule has 0 aromatic heterocycles. The van der Waals surface area contributed by atoms with Crippen LogP contribution >= 0.6 is 35.6 Å². The largest absolute Gasteiger partial charge is 0.493 e. The van der Waals surface area contributed by atoms with Gasteiger partial charge in [0.15, 0.2) is 11.5 Å². The predicted octanol–water partition coefficient (Wildman–Crippen LogP) is 4.58. The Kier molecular flexibility index (Phi) is 10.2. The molecule has 2 aromatic rings. The Morgan fingerprint density at radius 2 is 1.81 bits per heavy atom. The number of hydrazine groups is 1. The molecule has 1 aliphatic heterocycles. The normalized spacial score (nSPS) is 14.2. The molecule has 0 aliphatic carbocycles. The highest BCUT2D eigenvalue weighted by atomic mass is 35.5. The van der Waals surface area contributed by atoms with Crippen molar-refractivity contribution in [1.29, 1.82) is 0 Å². The third kappa shape index (κ3) is 7.22. The Morgan fingerprint density at radius 1 is 1.06 bits per heavy atom. The van der Waals surface area contributed by atoms with Crippen molar-refractivity contribution in [2.24, 2.45) is 0 Å². The number of unbranched alkanes of at least 4 members (excludes halogenated alkanes) is 2. The second kappa shape index (κ2) is 13.3. The van der Waals surface area contributed by atoms with E-state index in [1.54, 1.807) is 61.6 Å². The van der Waals surface area contributed by atoms with Gasteiger partial charge in [0, 0.05) is 13.0 Å². The van der Waals surface area contributed by atoms with Gasteiger partial charge in [-0.15, -0.1) is 0 Å². The molecule has 11 heteroatoms. The van der Waals surface area contributed by atoms with Gasteiger partial charge in [-0.3, -0.25) is 30.1 Å². The van der Waals surface area contributed by atoms with Crippen molar-refractivity contribution in [3.63, 3.8) is 0 Å². The number of benzene rings is 2. The van der Waals surface area contributed by atoms with E-state index in [0.29, 0.717) is 45.1 Å². The summed E-state index contributed by atoms with van der Waals surface area (Å²) in [5, 5.41) is 0.304. The van der Waals surface area contributed by atoms with Crippen LogP contribution in [0.25, 0.3) is 6.08 Å². The minimum absolute atomic E-state index is 0.139. The molecule has 0 spiro atoms. The van der Waals surface area contributed by atoms with Crippen molar-refractivity contribution < 1.29 is 23.9 Å². The average Bonchev–Trinajstić information content (AvgIpc) is 3.14. The third-order valence-corrected chi connectivity index (χ3v) is 7.01. The van der Waals surface area contributed by atoms with Crippen LogP contribution in [0.4, 0.5) is 0 Å². The van der Waals surface area contributed by atoms with Crippen LogP contribution in [0.3, 0.4) is 0 Å². The highest BCUT2D eigenvalue weighted by Gasteiger charge is 2.31. The fraction of sp³-hybridized carbons (Fsp3) is 0.280. The van der Waals surface area contributed by atoms with Crippen LogP contribution in [0, 0.1) is 0 Å². The molecule has 2 aromatic carbocycles. The Balaban J connectivity index is 1.41. The molecule has 3 amide bonds. The van der Waals surface area contributed by atoms with Gasteiger partial charge in [-0.05, 0) is 48.7 Å². The first kappa shape index (κ1) is 27.5. The number of methoxy groups -OCH3 is 2. The number of carbonyl (C=O) groups is 3. The zero-order valence-corrected chi connectivity index (χ0v) is 22.2. The predicted molar refractivity (Wildman–Crippen MR) is 145 cm³/mol. The second-order valence-electron chi connectivity index (χ2n) is 7.74. The van der Waals surface area contributed by atoms with E-state index in [-0.39, 0.29) is 23.8 Å². The summed E-state index contributed by atoms with van der Waals surface area (Å²) in [5.41, 5.74) is 5.83. The Bertz CT molecular complexity index is 1190. The summed E-state index contributed by atoms with van der Waals surface area (Å²) in [7, 11) is 3.12. The molecular weight excluding hydrogens is 522 g/mol. The number of nitrogens with zero attached hydrogens (tertiary/aromatic N) is 1. The first-order valence-electron chi connectivity index (χ1n) is 11.1. The molecule has 1 fully saturated rings. The maximum Gasteiger partial charge on any atom is 0.271 e. The molecule has 1 heterocycles. The Morgan fingerprint density at radius 3 is 2.53 bits per heavy atom. The van der Waals surface area contributed by atoms with E-state index in [4.69, 9.17) is 33.3 Å². The van der Waals surface area contributed by atoms with Crippen LogP contribution in [-0.2, 0) is 9.59 Å². The van der Waals surface area contributed by atoms with E-state index >= 15 is 0 Å². The van der Waals surface area contributed by atoms with Gasteiger partial charge in [0.25, 0.3) is 11.8 Å². The molecule has 190 valence electrons. The van der Waals surface area contributed by atoms with E-state index < -0.39 is 5.91 Å². The maximum atomic E-state index is 12.8. The van der Waals surface area contributed by atoms with Crippen molar-refractivity contribution in [2.45, 2.75) is 25.7 Å². The highest BCUT2D eigenvalue weighted by Crippen LogP contribution is 2.34. The van der Waals surface area contributed by atoms with Gasteiger partial charge < -0.3 is 9.47 Å². The summed E-state index contributed by atoms with van der Waals surface area (Å²) < 4.78 is 11.1. The van der Waals surface area contributed by atoms with Crippen LogP contribution in [-0.4, -0.2) is 47.7 Å². The summed E-state index contributed by atoms with van der Waals surface area (Å²) in [6.07, 6.45) is 4.03. The van der Waals surface area contributed by atoms with E-state index in [0.717, 1.165) is 12.0 Å². The first-order valence-corrected chi connectivity index (χ1v) is 12.8. The maximum absolute atomic E-state index is 12.8. The van der Waals surface area contributed by atoms with Crippen LogP contribution in [0.1, 0.15) is 41.6 Å². The molecule has 0 bridgehead atoms. The number of thiocarbonyl (C=S) groups is 1. The fourth-order valence-electron chi connectivity index (χ4n) is 3.42. The SMILES string of the molecule is COc1ccc(C=C2SC(=S)N(CCCCCC(=O)NNC(=O)c3ccccc3Cl)C2=O)cc1OC. The van der Waals surface area contributed by atoms with Gasteiger partial charge in [0.05, 0.1) is 29.7 Å². The molecule has 0 saturated carbocycles. The van der Waals surface area contributed by atoms with Crippen molar-refractivity contribution in [3.8, 4) is 11.5 Å². The second-order valence-corrected chi connectivity index (χ2v) is 9.82. The van der Waals surface area contributed by atoms with Crippen molar-refractivity contribution in [2.75, 3.05) is 20.8 Å².